The van der Waals surface area contributed by atoms with Crippen molar-refractivity contribution in [3.8, 4) is 0 Å². The van der Waals surface area contributed by atoms with Crippen molar-refractivity contribution in [2.75, 3.05) is 18.5 Å². The van der Waals surface area contributed by atoms with E-state index in [1.165, 1.54) is 29.0 Å². The van der Waals surface area contributed by atoms with Gasteiger partial charge in [0.25, 0.3) is 0 Å². The molecule has 0 aliphatic carbocycles. The Morgan fingerprint density at radius 3 is 2.60 bits per heavy atom. The molecule has 6 nitrogen and oxygen atoms in total. The number of aromatic nitrogens is 1. The molecule has 1 saturated heterocycles. The van der Waals surface area contributed by atoms with E-state index in [9.17, 15) is 22.8 Å². The molecule has 2 aromatic rings. The van der Waals surface area contributed by atoms with Crippen LogP contribution in [0.4, 0.5) is 23.7 Å². The summed E-state index contributed by atoms with van der Waals surface area (Å²) in [6.45, 7) is 3.52. The van der Waals surface area contributed by atoms with E-state index in [0.29, 0.717) is 11.4 Å². The molecule has 1 N–H and O–H groups in total. The summed E-state index contributed by atoms with van der Waals surface area (Å²) in [5.41, 5.74) is 1.26. The van der Waals surface area contributed by atoms with E-state index in [0.717, 1.165) is 11.8 Å². The molecule has 1 aromatic heterocycles. The van der Waals surface area contributed by atoms with Crippen molar-refractivity contribution in [2.45, 2.75) is 32.6 Å². The first-order valence-corrected chi connectivity index (χ1v) is 9.49. The molecule has 1 aliphatic heterocycles. The largest absolute Gasteiger partial charge is 0.417 e. The van der Waals surface area contributed by atoms with Crippen molar-refractivity contribution in [2.24, 2.45) is 0 Å². The number of carbonyl (C=O) groups excluding carboxylic acids is 2. The molecule has 1 unspecified atom stereocenters. The first-order chi connectivity index (χ1) is 14.0. The van der Waals surface area contributed by atoms with E-state index >= 15 is 0 Å². The maximum absolute atomic E-state index is 13.0. The van der Waals surface area contributed by atoms with Gasteiger partial charge in [0.2, 0.25) is 5.91 Å². The molecule has 3 rings (SSSR count). The number of likely N-dealkylation sites (N-methyl/N-ethyl adjacent to an activating group) is 1. The third-order valence-electron chi connectivity index (χ3n) is 4.98. The number of hydrogen-bond acceptors (Lipinski definition) is 3. The van der Waals surface area contributed by atoms with Crippen LogP contribution in [0.25, 0.3) is 0 Å². The van der Waals surface area contributed by atoms with Gasteiger partial charge in [0.15, 0.2) is 0 Å². The average molecular weight is 441 g/mol. The Labute approximate surface area is 176 Å². The van der Waals surface area contributed by atoms with Crippen molar-refractivity contribution in [3.63, 3.8) is 0 Å². The highest BCUT2D eigenvalue weighted by Gasteiger charge is 2.40. The van der Waals surface area contributed by atoms with Gasteiger partial charge in [-0.25, -0.2) is 4.79 Å². The van der Waals surface area contributed by atoms with Crippen molar-refractivity contribution in [3.05, 3.63) is 57.9 Å². The summed E-state index contributed by atoms with van der Waals surface area (Å²) in [6.07, 6.45) is -4.59. The molecule has 1 aromatic carbocycles. The van der Waals surface area contributed by atoms with Crippen molar-refractivity contribution in [1.82, 2.24) is 15.2 Å². The SMILES string of the molecule is Cc1ccc(N2CC(C(=O)NCc3cccc(C(F)(F)F)c3Cl)N(C)C2=O)c(C)n1. The van der Waals surface area contributed by atoms with E-state index in [-0.39, 0.29) is 24.7 Å². The first kappa shape index (κ1) is 21.9. The van der Waals surface area contributed by atoms with Crippen LogP contribution in [0.3, 0.4) is 0 Å². The second-order valence-corrected chi connectivity index (χ2v) is 7.45. The van der Waals surface area contributed by atoms with Gasteiger partial charge in [-0.1, -0.05) is 23.7 Å². The molecule has 1 atom stereocenters. The number of pyridine rings is 1. The van der Waals surface area contributed by atoms with E-state index < -0.39 is 28.7 Å². The Balaban J connectivity index is 1.73. The summed E-state index contributed by atoms with van der Waals surface area (Å²) in [5, 5.41) is 2.13. The average Bonchev–Trinajstić information content (AvgIpc) is 2.95. The summed E-state index contributed by atoms with van der Waals surface area (Å²) in [4.78, 5) is 32.4. The molecule has 160 valence electrons. The second-order valence-electron chi connectivity index (χ2n) is 7.07. The molecule has 0 spiro atoms. The lowest BCUT2D eigenvalue weighted by atomic mass is 10.1. The molecular weight excluding hydrogens is 421 g/mol. The zero-order valence-electron chi connectivity index (χ0n) is 16.5. The smallest absolute Gasteiger partial charge is 0.350 e. The minimum atomic E-state index is -4.59. The number of nitrogens with zero attached hydrogens (tertiary/aromatic N) is 3. The second kappa shape index (κ2) is 8.14. The minimum absolute atomic E-state index is 0.100. The Bertz CT molecular complexity index is 997. The number of amides is 3. The van der Waals surface area contributed by atoms with Gasteiger partial charge in [0.05, 0.1) is 28.5 Å². The lowest BCUT2D eigenvalue weighted by Gasteiger charge is -2.18. The highest BCUT2D eigenvalue weighted by atomic mass is 35.5. The lowest BCUT2D eigenvalue weighted by Crippen LogP contribution is -2.43. The van der Waals surface area contributed by atoms with Crippen LogP contribution < -0.4 is 10.2 Å². The fraction of sp³-hybridized carbons (Fsp3) is 0.350. The third kappa shape index (κ3) is 4.21. The number of hydrogen-bond donors (Lipinski definition) is 1. The molecule has 3 amide bonds. The summed E-state index contributed by atoms with van der Waals surface area (Å²) >= 11 is 5.87. The maximum atomic E-state index is 13.0. The summed E-state index contributed by atoms with van der Waals surface area (Å²) < 4.78 is 39.0. The monoisotopic (exact) mass is 440 g/mol. The van der Waals surface area contributed by atoms with Crippen LogP contribution in [-0.2, 0) is 17.5 Å². The molecule has 10 heteroatoms. The van der Waals surface area contributed by atoms with Crippen LogP contribution in [0.15, 0.2) is 30.3 Å². The van der Waals surface area contributed by atoms with Gasteiger partial charge in [-0.3, -0.25) is 14.7 Å². The van der Waals surface area contributed by atoms with Crippen LogP contribution in [0.2, 0.25) is 5.02 Å². The summed E-state index contributed by atoms with van der Waals surface area (Å²) in [7, 11) is 1.50. The van der Waals surface area contributed by atoms with Gasteiger partial charge in [0, 0.05) is 19.3 Å². The van der Waals surface area contributed by atoms with Crippen molar-refractivity contribution < 1.29 is 22.8 Å². The highest BCUT2D eigenvalue weighted by Crippen LogP contribution is 2.36. The quantitative estimate of drug-likeness (QED) is 0.783. The number of alkyl halides is 3. The Morgan fingerprint density at radius 2 is 1.97 bits per heavy atom. The zero-order chi connectivity index (χ0) is 22.2. The fourth-order valence-electron chi connectivity index (χ4n) is 3.36. The Hall–Kier alpha value is -2.81. The standard InChI is InChI=1S/C20H20ClF3N4O2/c1-11-7-8-15(12(2)26-11)28-10-16(27(3)19(28)30)18(29)25-9-13-5-4-6-14(17(13)21)20(22,23)24/h4-8,16H,9-10H2,1-3H3,(H,25,29). The highest BCUT2D eigenvalue weighted by molar-refractivity contribution is 6.32. The summed E-state index contributed by atoms with van der Waals surface area (Å²) in [5.74, 6) is -0.487. The normalized spacial score (nSPS) is 16.9. The Kier molecular flexibility index (Phi) is 5.94. The molecule has 0 bridgehead atoms. The van der Waals surface area contributed by atoms with Crippen LogP contribution in [-0.4, -0.2) is 41.5 Å². The topological polar surface area (TPSA) is 65.5 Å². The van der Waals surface area contributed by atoms with Crippen molar-refractivity contribution in [1.29, 1.82) is 0 Å². The molecule has 1 fully saturated rings. The predicted octanol–water partition coefficient (Wildman–Crippen LogP) is 3.93. The molecular formula is C20H20ClF3N4O2. The number of nitrogens with one attached hydrogen (secondary N) is 1. The van der Waals surface area contributed by atoms with Gasteiger partial charge in [-0.2, -0.15) is 13.2 Å². The number of anilines is 1. The summed E-state index contributed by atoms with van der Waals surface area (Å²) in [6, 6.07) is 5.91. The van der Waals surface area contributed by atoms with Crippen LogP contribution in [0, 0.1) is 13.8 Å². The zero-order valence-corrected chi connectivity index (χ0v) is 17.3. The van der Waals surface area contributed by atoms with E-state index in [4.69, 9.17) is 11.6 Å². The number of rotatable bonds is 4. The minimum Gasteiger partial charge on any atom is -0.350 e. The van der Waals surface area contributed by atoms with E-state index in [1.807, 2.05) is 6.92 Å². The van der Waals surface area contributed by atoms with Gasteiger partial charge in [0.1, 0.15) is 6.04 Å². The number of urea groups is 1. The van der Waals surface area contributed by atoms with Crippen LogP contribution in [0.5, 0.6) is 0 Å². The number of carbonyl (C=O) groups is 2. The predicted molar refractivity (Wildman–Crippen MR) is 106 cm³/mol. The lowest BCUT2D eigenvalue weighted by molar-refractivity contribution is -0.137. The van der Waals surface area contributed by atoms with Gasteiger partial charge in [-0.05, 0) is 37.6 Å². The third-order valence-corrected chi connectivity index (χ3v) is 5.43. The Morgan fingerprint density at radius 1 is 1.27 bits per heavy atom. The van der Waals surface area contributed by atoms with E-state index in [2.05, 4.69) is 10.3 Å². The number of halogens is 4. The molecule has 1 aliphatic rings. The van der Waals surface area contributed by atoms with Gasteiger partial charge in [-0.15, -0.1) is 0 Å². The van der Waals surface area contributed by atoms with Crippen molar-refractivity contribution >= 4 is 29.2 Å². The van der Waals surface area contributed by atoms with E-state index in [1.54, 1.807) is 19.1 Å². The molecule has 2 heterocycles. The molecule has 0 radical (unpaired) electrons. The fourth-order valence-corrected chi connectivity index (χ4v) is 3.66. The molecule has 0 saturated carbocycles. The maximum Gasteiger partial charge on any atom is 0.417 e. The van der Waals surface area contributed by atoms with Crippen LogP contribution >= 0.6 is 11.6 Å². The molecule has 30 heavy (non-hydrogen) atoms. The first-order valence-electron chi connectivity index (χ1n) is 9.11. The van der Waals surface area contributed by atoms with Crippen LogP contribution in [0.1, 0.15) is 22.5 Å². The number of aryl methyl sites for hydroxylation is 2. The number of benzene rings is 1. The van der Waals surface area contributed by atoms with Gasteiger partial charge < -0.3 is 10.2 Å². The van der Waals surface area contributed by atoms with Gasteiger partial charge >= 0.3 is 12.2 Å².